The molecule has 0 bridgehead atoms. The first-order valence-corrected chi connectivity index (χ1v) is 11.7. The first-order valence-electron chi connectivity index (χ1n) is 10.2. The van der Waals surface area contributed by atoms with Gasteiger partial charge in [0.05, 0.1) is 24.8 Å². The summed E-state index contributed by atoms with van der Waals surface area (Å²) in [5.41, 5.74) is 3.49. The fourth-order valence-electron chi connectivity index (χ4n) is 3.97. The molecule has 1 unspecified atom stereocenters. The van der Waals surface area contributed by atoms with Gasteiger partial charge in [-0.25, -0.2) is 9.07 Å². The molecule has 1 aromatic heterocycles. The number of amides is 2. The van der Waals surface area contributed by atoms with Gasteiger partial charge in [0.25, 0.3) is 5.91 Å². The predicted octanol–water partition coefficient (Wildman–Crippen LogP) is 2.67. The van der Waals surface area contributed by atoms with Crippen LogP contribution in [0.15, 0.2) is 54.7 Å². The number of benzene rings is 2. The molecule has 9 heteroatoms. The van der Waals surface area contributed by atoms with Crippen molar-refractivity contribution in [1.29, 1.82) is 0 Å². The van der Waals surface area contributed by atoms with E-state index in [0.29, 0.717) is 40.4 Å². The highest BCUT2D eigenvalue weighted by Crippen LogP contribution is 2.26. The molecular formula is C23H19FN4O3S. The predicted molar refractivity (Wildman–Crippen MR) is 117 cm³/mol. The normalized spacial score (nSPS) is 18.5. The summed E-state index contributed by atoms with van der Waals surface area (Å²) in [4.78, 5) is 26.4. The topological polar surface area (TPSA) is 85.2 Å². The van der Waals surface area contributed by atoms with Crippen LogP contribution in [0.4, 0.5) is 4.39 Å². The maximum absolute atomic E-state index is 14.8. The van der Waals surface area contributed by atoms with Crippen molar-refractivity contribution < 1.29 is 18.2 Å². The average Bonchev–Trinajstić information content (AvgIpc) is 3.26. The van der Waals surface area contributed by atoms with Crippen LogP contribution in [0.1, 0.15) is 33.6 Å². The molecule has 2 amide bonds. The number of halogens is 1. The lowest BCUT2D eigenvalue weighted by molar-refractivity contribution is -0.128. The molecule has 2 aliphatic rings. The van der Waals surface area contributed by atoms with Gasteiger partial charge in [-0.3, -0.25) is 18.7 Å². The van der Waals surface area contributed by atoms with Gasteiger partial charge in [-0.1, -0.05) is 29.5 Å². The third kappa shape index (κ3) is 3.80. The number of carbonyl (C=O) groups is 2. The van der Waals surface area contributed by atoms with E-state index in [4.69, 9.17) is 0 Å². The Bertz CT molecular complexity index is 1300. The van der Waals surface area contributed by atoms with E-state index in [9.17, 15) is 18.2 Å². The van der Waals surface area contributed by atoms with Crippen molar-refractivity contribution in [3.63, 3.8) is 0 Å². The summed E-state index contributed by atoms with van der Waals surface area (Å²) in [6.07, 6.45) is 4.15. The molecule has 32 heavy (non-hydrogen) atoms. The Labute approximate surface area is 186 Å². The van der Waals surface area contributed by atoms with Gasteiger partial charge in [-0.05, 0) is 35.8 Å². The molecule has 0 N–H and O–H groups in total. The van der Waals surface area contributed by atoms with Crippen molar-refractivity contribution in [2.24, 2.45) is 0 Å². The van der Waals surface area contributed by atoms with Crippen molar-refractivity contribution in [2.45, 2.75) is 19.4 Å². The molecule has 0 spiro atoms. The molecule has 0 saturated carbocycles. The number of carbonyl (C=O) groups excluding carboxylic acids is 2. The molecule has 3 heterocycles. The van der Waals surface area contributed by atoms with E-state index >= 15 is 0 Å². The van der Waals surface area contributed by atoms with E-state index in [-0.39, 0.29) is 24.8 Å². The zero-order valence-corrected chi connectivity index (χ0v) is 17.8. The van der Waals surface area contributed by atoms with E-state index in [2.05, 4.69) is 10.3 Å². The maximum atomic E-state index is 14.8. The van der Waals surface area contributed by atoms with Crippen LogP contribution in [0.5, 0.6) is 0 Å². The minimum atomic E-state index is -0.867. The number of rotatable bonds is 4. The Kier molecular flexibility index (Phi) is 5.26. The standard InChI is InChI=1S/C23H19FN4O3S/c24-21-12-18(5-6-19(21)15-7-9-32(31)10-8-15)28-14-17(25-26-28)13-27-22(29)11-16-3-1-2-4-20(16)23(27)30/h1-7,12,14H,8-11,13H2. The van der Waals surface area contributed by atoms with Crippen LogP contribution in [-0.2, 0) is 28.6 Å². The largest absolute Gasteiger partial charge is 0.274 e. The fourth-order valence-corrected chi connectivity index (χ4v) is 4.97. The van der Waals surface area contributed by atoms with Gasteiger partial charge in [0.2, 0.25) is 5.91 Å². The molecule has 162 valence electrons. The Morgan fingerprint density at radius 2 is 1.94 bits per heavy atom. The van der Waals surface area contributed by atoms with Crippen LogP contribution >= 0.6 is 0 Å². The van der Waals surface area contributed by atoms with Crippen LogP contribution in [0.25, 0.3) is 11.3 Å². The van der Waals surface area contributed by atoms with Crippen molar-refractivity contribution in [3.8, 4) is 5.69 Å². The number of fused-ring (bicyclic) bond motifs is 1. The van der Waals surface area contributed by atoms with Crippen LogP contribution in [0.2, 0.25) is 0 Å². The lowest BCUT2D eigenvalue weighted by Gasteiger charge is -2.25. The molecule has 0 radical (unpaired) electrons. The quantitative estimate of drug-likeness (QED) is 0.571. The van der Waals surface area contributed by atoms with Gasteiger partial charge in [0, 0.05) is 39.5 Å². The van der Waals surface area contributed by atoms with Crippen molar-refractivity contribution in [2.75, 3.05) is 11.5 Å². The fraction of sp³-hybridized carbons (Fsp3) is 0.217. The Hall–Kier alpha value is -3.46. The molecule has 0 saturated heterocycles. The molecule has 0 aliphatic carbocycles. The Morgan fingerprint density at radius 3 is 2.72 bits per heavy atom. The van der Waals surface area contributed by atoms with E-state index in [1.807, 2.05) is 6.08 Å². The van der Waals surface area contributed by atoms with E-state index in [1.165, 1.54) is 15.6 Å². The monoisotopic (exact) mass is 450 g/mol. The molecule has 2 aromatic carbocycles. The molecule has 7 nitrogen and oxygen atoms in total. The van der Waals surface area contributed by atoms with E-state index in [0.717, 1.165) is 11.1 Å². The summed E-state index contributed by atoms with van der Waals surface area (Å²) < 4.78 is 27.7. The summed E-state index contributed by atoms with van der Waals surface area (Å²) in [5.74, 6) is -0.0560. The number of hydrogen-bond acceptors (Lipinski definition) is 5. The van der Waals surface area contributed by atoms with Crippen molar-refractivity contribution in [3.05, 3.63) is 82.9 Å². The molecule has 1 atom stereocenters. The second-order valence-corrected chi connectivity index (χ2v) is 9.35. The second kappa shape index (κ2) is 8.23. The third-order valence-electron chi connectivity index (χ3n) is 5.67. The van der Waals surface area contributed by atoms with E-state index < -0.39 is 16.6 Å². The number of hydrogen-bond donors (Lipinski definition) is 0. The average molecular weight is 450 g/mol. The minimum absolute atomic E-state index is 0.00338. The first kappa shape index (κ1) is 20.4. The number of imide groups is 1. The molecule has 3 aromatic rings. The lowest BCUT2D eigenvalue weighted by atomic mass is 9.98. The van der Waals surface area contributed by atoms with Gasteiger partial charge in [-0.15, -0.1) is 5.10 Å². The first-order chi connectivity index (χ1) is 15.5. The number of allylic oxidation sites excluding steroid dienone is 1. The Morgan fingerprint density at radius 1 is 1.09 bits per heavy atom. The molecule has 2 aliphatic heterocycles. The molecule has 0 fully saturated rings. The molecular weight excluding hydrogens is 431 g/mol. The van der Waals surface area contributed by atoms with Gasteiger partial charge in [-0.2, -0.15) is 0 Å². The summed E-state index contributed by atoms with van der Waals surface area (Å²) >= 11 is 0. The van der Waals surface area contributed by atoms with Crippen molar-refractivity contribution in [1.82, 2.24) is 19.9 Å². The highest BCUT2D eigenvalue weighted by atomic mass is 32.2. The smallest absolute Gasteiger partial charge is 0.261 e. The van der Waals surface area contributed by atoms with Crippen LogP contribution in [-0.4, -0.2) is 47.4 Å². The summed E-state index contributed by atoms with van der Waals surface area (Å²) in [5, 5.41) is 8.10. The second-order valence-electron chi connectivity index (χ2n) is 7.73. The summed E-state index contributed by atoms with van der Waals surface area (Å²) in [6.45, 7) is -0.00338. The van der Waals surface area contributed by atoms with Gasteiger partial charge in [0.15, 0.2) is 0 Å². The number of aromatic nitrogens is 3. The lowest BCUT2D eigenvalue weighted by Crippen LogP contribution is -2.41. The highest BCUT2D eigenvalue weighted by molar-refractivity contribution is 7.85. The van der Waals surface area contributed by atoms with E-state index in [1.54, 1.807) is 42.6 Å². The minimum Gasteiger partial charge on any atom is -0.274 e. The zero-order chi connectivity index (χ0) is 22.2. The van der Waals surface area contributed by atoms with Gasteiger partial charge >= 0.3 is 0 Å². The highest BCUT2D eigenvalue weighted by Gasteiger charge is 2.31. The SMILES string of the molecule is O=C1Cc2ccccc2C(=O)N1Cc1cn(-c2ccc(C3=CCS(=O)CC3)c(F)c2)nn1. The summed E-state index contributed by atoms with van der Waals surface area (Å²) in [6, 6.07) is 11.8. The van der Waals surface area contributed by atoms with Gasteiger partial charge < -0.3 is 0 Å². The van der Waals surface area contributed by atoms with Crippen molar-refractivity contribution >= 4 is 28.2 Å². The third-order valence-corrected chi connectivity index (χ3v) is 6.87. The van der Waals surface area contributed by atoms with Crippen LogP contribution < -0.4 is 0 Å². The Balaban J connectivity index is 1.35. The number of nitrogens with zero attached hydrogens (tertiary/aromatic N) is 4. The zero-order valence-electron chi connectivity index (χ0n) is 17.0. The van der Waals surface area contributed by atoms with Crippen LogP contribution in [0, 0.1) is 5.82 Å². The van der Waals surface area contributed by atoms with Crippen LogP contribution in [0.3, 0.4) is 0 Å². The summed E-state index contributed by atoms with van der Waals surface area (Å²) in [7, 11) is -0.867. The van der Waals surface area contributed by atoms with Gasteiger partial charge in [0.1, 0.15) is 11.5 Å². The molecule has 5 rings (SSSR count). The maximum Gasteiger partial charge on any atom is 0.261 e.